The molecule has 0 spiro atoms. The third-order valence-corrected chi connectivity index (χ3v) is 2.63. The van der Waals surface area contributed by atoms with Gasteiger partial charge in [-0.1, -0.05) is 20.8 Å². The number of carbonyl (C=O) groups excluding carboxylic acids is 1. The number of carbonyl (C=O) groups is 1. The summed E-state index contributed by atoms with van der Waals surface area (Å²) in [5, 5.41) is 2.61. The zero-order valence-electron chi connectivity index (χ0n) is 10.3. The highest BCUT2D eigenvalue weighted by Crippen LogP contribution is 2.24. The van der Waals surface area contributed by atoms with E-state index in [9.17, 15) is 18.0 Å². The zero-order chi connectivity index (χ0) is 13.7. The first-order valence-electron chi connectivity index (χ1n) is 5.48. The molecule has 0 aromatic rings. The number of amides is 1. The van der Waals surface area contributed by atoms with Crippen LogP contribution < -0.4 is 5.32 Å². The summed E-state index contributed by atoms with van der Waals surface area (Å²) in [6.07, 6.45) is -5.36. The van der Waals surface area contributed by atoms with E-state index in [1.54, 1.807) is 0 Å². The van der Waals surface area contributed by atoms with Gasteiger partial charge in [-0.15, -0.1) is 11.6 Å². The van der Waals surface area contributed by atoms with Crippen LogP contribution in [0, 0.1) is 5.41 Å². The van der Waals surface area contributed by atoms with E-state index in [1.807, 2.05) is 20.8 Å². The van der Waals surface area contributed by atoms with Gasteiger partial charge < -0.3 is 5.32 Å². The van der Waals surface area contributed by atoms with Gasteiger partial charge in [0.1, 0.15) is 0 Å². The van der Waals surface area contributed by atoms with Crippen molar-refractivity contribution in [3.63, 3.8) is 0 Å². The van der Waals surface area contributed by atoms with Gasteiger partial charge in [-0.05, 0) is 11.8 Å². The summed E-state index contributed by atoms with van der Waals surface area (Å²) in [5.41, 5.74) is -0.219. The Bertz CT molecular complexity index is 248. The first-order chi connectivity index (χ1) is 7.56. The summed E-state index contributed by atoms with van der Waals surface area (Å²) in [6, 6.07) is -0.208. The van der Waals surface area contributed by atoms with Gasteiger partial charge in [0.05, 0.1) is 6.42 Å². The van der Waals surface area contributed by atoms with Gasteiger partial charge in [0, 0.05) is 18.3 Å². The van der Waals surface area contributed by atoms with E-state index in [4.69, 9.17) is 11.6 Å². The predicted molar refractivity (Wildman–Crippen MR) is 62.0 cm³/mol. The van der Waals surface area contributed by atoms with Gasteiger partial charge >= 0.3 is 6.18 Å². The van der Waals surface area contributed by atoms with Gasteiger partial charge in [0.2, 0.25) is 5.91 Å². The van der Waals surface area contributed by atoms with Crippen LogP contribution in [0.1, 0.15) is 40.0 Å². The summed E-state index contributed by atoms with van der Waals surface area (Å²) in [5.74, 6) is -0.214. The van der Waals surface area contributed by atoms with Crippen molar-refractivity contribution in [3.8, 4) is 0 Å². The van der Waals surface area contributed by atoms with E-state index in [2.05, 4.69) is 5.32 Å². The predicted octanol–water partition coefficient (Wildman–Crippen LogP) is 3.49. The Labute approximate surface area is 105 Å². The molecular weight excluding hydrogens is 255 g/mol. The molecule has 0 radical (unpaired) electrons. The molecule has 6 heteroatoms. The fourth-order valence-corrected chi connectivity index (χ4v) is 1.57. The fourth-order valence-electron chi connectivity index (χ4n) is 1.35. The first kappa shape index (κ1) is 16.6. The molecule has 0 fully saturated rings. The topological polar surface area (TPSA) is 29.1 Å². The molecular formula is C11H19ClF3NO. The van der Waals surface area contributed by atoms with Crippen molar-refractivity contribution in [1.29, 1.82) is 0 Å². The molecule has 0 saturated carbocycles. The van der Waals surface area contributed by atoms with E-state index in [0.29, 0.717) is 12.3 Å². The van der Waals surface area contributed by atoms with Crippen LogP contribution in [-0.2, 0) is 4.79 Å². The molecule has 17 heavy (non-hydrogen) atoms. The molecule has 0 aliphatic heterocycles. The second-order valence-electron chi connectivity index (χ2n) is 5.08. The minimum atomic E-state index is -4.29. The summed E-state index contributed by atoms with van der Waals surface area (Å²) < 4.78 is 35.8. The Morgan fingerprint density at radius 3 is 2.18 bits per heavy atom. The average molecular weight is 274 g/mol. The van der Waals surface area contributed by atoms with Crippen molar-refractivity contribution in [2.75, 3.05) is 5.88 Å². The average Bonchev–Trinajstić information content (AvgIpc) is 2.11. The monoisotopic (exact) mass is 273 g/mol. The van der Waals surface area contributed by atoms with Crippen LogP contribution in [0.4, 0.5) is 13.2 Å². The quantitative estimate of drug-likeness (QED) is 0.764. The number of rotatable bonds is 5. The molecule has 1 amide bonds. The molecule has 0 rings (SSSR count). The Hall–Kier alpha value is -0.450. The second-order valence-corrected chi connectivity index (χ2v) is 5.46. The highest BCUT2D eigenvalue weighted by Gasteiger charge is 2.30. The molecule has 0 saturated heterocycles. The lowest BCUT2D eigenvalue weighted by molar-refractivity contribution is -0.144. The molecule has 1 atom stereocenters. The van der Waals surface area contributed by atoms with Gasteiger partial charge in [-0.25, -0.2) is 0 Å². The molecule has 0 aromatic carbocycles. The van der Waals surface area contributed by atoms with Gasteiger partial charge in [-0.2, -0.15) is 13.2 Å². The maximum Gasteiger partial charge on any atom is 0.389 e. The molecule has 1 N–H and O–H groups in total. The maximum absolute atomic E-state index is 11.9. The van der Waals surface area contributed by atoms with Crippen molar-refractivity contribution >= 4 is 17.5 Å². The van der Waals surface area contributed by atoms with Crippen LogP contribution in [0.2, 0.25) is 0 Å². The first-order valence-corrected chi connectivity index (χ1v) is 6.02. The third kappa shape index (κ3) is 8.30. The second kappa shape index (κ2) is 6.47. The Kier molecular flexibility index (Phi) is 6.30. The lowest BCUT2D eigenvalue weighted by Crippen LogP contribution is -2.44. The number of hydrogen-bond donors (Lipinski definition) is 1. The summed E-state index contributed by atoms with van der Waals surface area (Å²) in [6.45, 7) is 5.73. The van der Waals surface area contributed by atoms with E-state index in [1.165, 1.54) is 0 Å². The normalized spacial score (nSPS) is 14.5. The molecule has 2 nitrogen and oxygen atoms in total. The van der Waals surface area contributed by atoms with Gasteiger partial charge in [0.25, 0.3) is 0 Å². The Balaban J connectivity index is 4.23. The number of nitrogens with one attached hydrogen (secondary N) is 1. The summed E-state index contributed by atoms with van der Waals surface area (Å²) in [4.78, 5) is 11.4. The summed E-state index contributed by atoms with van der Waals surface area (Å²) in [7, 11) is 0. The lowest BCUT2D eigenvalue weighted by Gasteiger charge is -2.31. The lowest BCUT2D eigenvalue weighted by atomic mass is 9.85. The summed E-state index contributed by atoms with van der Waals surface area (Å²) >= 11 is 5.60. The standard InChI is InChI=1S/C11H19ClF3NO/c1-10(2,3)8(5-7-12)16-9(17)4-6-11(13,14)15/h8H,4-7H2,1-3H3,(H,16,17). The van der Waals surface area contributed by atoms with E-state index in [0.717, 1.165) is 0 Å². The van der Waals surface area contributed by atoms with E-state index < -0.39 is 24.9 Å². The van der Waals surface area contributed by atoms with Crippen LogP contribution in [-0.4, -0.2) is 24.0 Å². The molecule has 0 heterocycles. The van der Waals surface area contributed by atoms with Crippen molar-refractivity contribution in [2.24, 2.45) is 5.41 Å². The van der Waals surface area contributed by atoms with Crippen molar-refractivity contribution in [1.82, 2.24) is 5.32 Å². The minimum absolute atomic E-state index is 0.208. The number of hydrogen-bond acceptors (Lipinski definition) is 1. The molecule has 0 bridgehead atoms. The highest BCUT2D eigenvalue weighted by molar-refractivity contribution is 6.17. The van der Waals surface area contributed by atoms with Crippen LogP contribution in [0.15, 0.2) is 0 Å². The Morgan fingerprint density at radius 2 is 1.82 bits per heavy atom. The van der Waals surface area contributed by atoms with Crippen LogP contribution in [0.5, 0.6) is 0 Å². The van der Waals surface area contributed by atoms with E-state index >= 15 is 0 Å². The molecule has 1 unspecified atom stereocenters. The largest absolute Gasteiger partial charge is 0.389 e. The maximum atomic E-state index is 11.9. The van der Waals surface area contributed by atoms with Crippen molar-refractivity contribution < 1.29 is 18.0 Å². The van der Waals surface area contributed by atoms with Crippen molar-refractivity contribution in [2.45, 2.75) is 52.3 Å². The number of halogens is 4. The molecule has 0 aromatic heterocycles. The molecule has 102 valence electrons. The van der Waals surface area contributed by atoms with Crippen molar-refractivity contribution in [3.05, 3.63) is 0 Å². The van der Waals surface area contributed by atoms with Crippen LogP contribution in [0.3, 0.4) is 0 Å². The zero-order valence-corrected chi connectivity index (χ0v) is 11.1. The van der Waals surface area contributed by atoms with Gasteiger partial charge in [0.15, 0.2) is 0 Å². The SMILES string of the molecule is CC(C)(C)C(CCCl)NC(=O)CCC(F)(F)F. The third-order valence-electron chi connectivity index (χ3n) is 2.41. The smallest absolute Gasteiger partial charge is 0.353 e. The van der Waals surface area contributed by atoms with E-state index in [-0.39, 0.29) is 11.5 Å². The number of alkyl halides is 4. The highest BCUT2D eigenvalue weighted by atomic mass is 35.5. The van der Waals surface area contributed by atoms with Gasteiger partial charge in [-0.3, -0.25) is 4.79 Å². The Morgan fingerprint density at radius 1 is 1.29 bits per heavy atom. The minimum Gasteiger partial charge on any atom is -0.353 e. The van der Waals surface area contributed by atoms with Crippen LogP contribution >= 0.6 is 11.6 Å². The molecule has 0 aliphatic carbocycles. The molecule has 0 aliphatic rings. The van der Waals surface area contributed by atoms with Crippen LogP contribution in [0.25, 0.3) is 0 Å². The fraction of sp³-hybridized carbons (Fsp3) is 0.909.